The Morgan fingerprint density at radius 2 is 1.77 bits per heavy atom. The second-order valence-corrected chi connectivity index (χ2v) is 4.33. The van der Waals surface area contributed by atoms with Crippen LogP contribution in [-0.2, 0) is 6.54 Å². The van der Waals surface area contributed by atoms with Crippen molar-refractivity contribution in [3.05, 3.63) is 65.2 Å². The predicted octanol–water partition coefficient (Wildman–Crippen LogP) is 3.50. The maximum atomic E-state index is 13.4. The molecule has 0 fully saturated rings. The molecule has 0 saturated carbocycles. The maximum Gasteiger partial charge on any atom is 0.387 e. The van der Waals surface area contributed by atoms with Crippen molar-refractivity contribution in [2.24, 2.45) is 0 Å². The van der Waals surface area contributed by atoms with Crippen molar-refractivity contribution in [1.29, 1.82) is 0 Å². The van der Waals surface area contributed by atoms with Crippen molar-refractivity contribution in [1.82, 2.24) is 5.32 Å². The average Bonchev–Trinajstić information content (AvgIpc) is 2.48. The first-order chi connectivity index (χ1) is 10.5. The van der Waals surface area contributed by atoms with E-state index in [1.807, 2.05) is 0 Å². The highest BCUT2D eigenvalue weighted by atomic mass is 19.3. The molecule has 0 spiro atoms. The number of nitrogens with one attached hydrogen (secondary N) is 1. The van der Waals surface area contributed by atoms with Crippen LogP contribution in [0.1, 0.15) is 15.9 Å². The van der Waals surface area contributed by atoms with Crippen molar-refractivity contribution in [2.45, 2.75) is 13.2 Å². The Labute approximate surface area is 123 Å². The van der Waals surface area contributed by atoms with Crippen LogP contribution in [-0.4, -0.2) is 12.5 Å². The maximum absolute atomic E-state index is 13.4. The van der Waals surface area contributed by atoms with E-state index in [1.54, 1.807) is 0 Å². The van der Waals surface area contributed by atoms with Crippen LogP contribution in [0.5, 0.6) is 5.75 Å². The van der Waals surface area contributed by atoms with Gasteiger partial charge in [0.2, 0.25) is 0 Å². The standard InChI is InChI=1S/C15H11F4NO2/c16-10-3-6-13(17)12(7-10)14(21)20-8-9-1-4-11(5-2-9)22-15(18)19/h1-7,15H,8H2,(H,20,21). The van der Waals surface area contributed by atoms with Gasteiger partial charge in [-0.2, -0.15) is 8.78 Å². The van der Waals surface area contributed by atoms with Gasteiger partial charge in [0.05, 0.1) is 5.56 Å². The third kappa shape index (κ3) is 4.21. The van der Waals surface area contributed by atoms with Crippen molar-refractivity contribution < 1.29 is 27.1 Å². The number of alkyl halides is 2. The molecule has 2 aromatic carbocycles. The molecule has 1 N–H and O–H groups in total. The fourth-order valence-electron chi connectivity index (χ4n) is 1.74. The summed E-state index contributed by atoms with van der Waals surface area (Å²) in [5.41, 5.74) is 0.185. The Kier molecular flexibility index (Phi) is 4.98. The lowest BCUT2D eigenvalue weighted by Gasteiger charge is -2.08. The van der Waals surface area contributed by atoms with Crippen LogP contribution in [0.3, 0.4) is 0 Å². The van der Waals surface area contributed by atoms with Gasteiger partial charge >= 0.3 is 6.61 Å². The van der Waals surface area contributed by atoms with E-state index >= 15 is 0 Å². The minimum atomic E-state index is -2.92. The van der Waals surface area contributed by atoms with E-state index in [4.69, 9.17) is 0 Å². The molecule has 0 radical (unpaired) electrons. The molecule has 0 unspecified atom stereocenters. The molecule has 0 heterocycles. The summed E-state index contributed by atoms with van der Waals surface area (Å²) in [5.74, 6) is -2.34. The first-order valence-electron chi connectivity index (χ1n) is 6.22. The Hall–Kier alpha value is -2.57. The van der Waals surface area contributed by atoms with Crippen molar-refractivity contribution >= 4 is 5.91 Å². The summed E-state index contributed by atoms with van der Waals surface area (Å²) in [6, 6.07) is 8.14. The van der Waals surface area contributed by atoms with Crippen molar-refractivity contribution in [2.75, 3.05) is 0 Å². The van der Waals surface area contributed by atoms with Crippen LogP contribution in [0.2, 0.25) is 0 Å². The molecular formula is C15H11F4NO2. The smallest absolute Gasteiger partial charge is 0.387 e. The summed E-state index contributed by atoms with van der Waals surface area (Å²) in [6.07, 6.45) is 0. The van der Waals surface area contributed by atoms with Crippen LogP contribution in [0.25, 0.3) is 0 Å². The van der Waals surface area contributed by atoms with E-state index < -0.39 is 29.7 Å². The first kappa shape index (κ1) is 15.8. The lowest BCUT2D eigenvalue weighted by Crippen LogP contribution is -2.24. The monoisotopic (exact) mass is 313 g/mol. The zero-order chi connectivity index (χ0) is 16.1. The molecular weight excluding hydrogens is 302 g/mol. The highest BCUT2D eigenvalue weighted by Gasteiger charge is 2.12. The molecule has 1 amide bonds. The molecule has 2 rings (SSSR count). The van der Waals surface area contributed by atoms with E-state index in [2.05, 4.69) is 10.1 Å². The van der Waals surface area contributed by atoms with Gasteiger partial charge in [-0.15, -0.1) is 0 Å². The summed E-state index contributed by atoms with van der Waals surface area (Å²) >= 11 is 0. The molecule has 3 nitrogen and oxygen atoms in total. The Morgan fingerprint density at radius 3 is 2.41 bits per heavy atom. The van der Waals surface area contributed by atoms with E-state index in [0.29, 0.717) is 5.56 Å². The minimum absolute atomic E-state index is 0.0127. The third-order valence-corrected chi connectivity index (χ3v) is 2.77. The predicted molar refractivity (Wildman–Crippen MR) is 70.6 cm³/mol. The molecule has 2 aromatic rings. The van der Waals surface area contributed by atoms with Gasteiger partial charge < -0.3 is 10.1 Å². The first-order valence-corrected chi connectivity index (χ1v) is 6.22. The molecule has 0 atom stereocenters. The van der Waals surface area contributed by atoms with Gasteiger partial charge in [-0.3, -0.25) is 4.79 Å². The van der Waals surface area contributed by atoms with Gasteiger partial charge in [0.25, 0.3) is 5.91 Å². The highest BCUT2D eigenvalue weighted by molar-refractivity contribution is 5.94. The number of rotatable bonds is 5. The van der Waals surface area contributed by atoms with Crippen LogP contribution in [0, 0.1) is 11.6 Å². The second-order valence-electron chi connectivity index (χ2n) is 4.33. The van der Waals surface area contributed by atoms with E-state index in [9.17, 15) is 22.4 Å². The number of carbonyl (C=O) groups is 1. The molecule has 116 valence electrons. The summed E-state index contributed by atoms with van der Waals surface area (Å²) < 4.78 is 54.6. The van der Waals surface area contributed by atoms with Gasteiger partial charge in [0.15, 0.2) is 0 Å². The lowest BCUT2D eigenvalue weighted by molar-refractivity contribution is -0.0498. The molecule has 0 aliphatic carbocycles. The number of benzene rings is 2. The molecule has 0 aromatic heterocycles. The number of hydrogen-bond acceptors (Lipinski definition) is 2. The van der Waals surface area contributed by atoms with Gasteiger partial charge in [0, 0.05) is 6.54 Å². The number of hydrogen-bond donors (Lipinski definition) is 1. The topological polar surface area (TPSA) is 38.3 Å². The Bertz CT molecular complexity index is 659. The second kappa shape index (κ2) is 6.93. The molecule has 7 heteroatoms. The fraction of sp³-hybridized carbons (Fsp3) is 0.133. The summed E-state index contributed by atoms with van der Waals surface area (Å²) in [5, 5.41) is 2.41. The van der Waals surface area contributed by atoms with Gasteiger partial charge in [0.1, 0.15) is 17.4 Å². The summed E-state index contributed by atoms with van der Waals surface area (Å²) in [7, 11) is 0. The Balaban J connectivity index is 1.97. The van der Waals surface area contributed by atoms with Crippen LogP contribution in [0.15, 0.2) is 42.5 Å². The molecule has 0 aliphatic heterocycles. The Morgan fingerprint density at radius 1 is 1.09 bits per heavy atom. The number of halogens is 4. The lowest BCUT2D eigenvalue weighted by atomic mass is 10.1. The van der Waals surface area contributed by atoms with Crippen LogP contribution < -0.4 is 10.1 Å². The van der Waals surface area contributed by atoms with E-state index in [1.165, 1.54) is 24.3 Å². The van der Waals surface area contributed by atoms with Gasteiger partial charge in [-0.1, -0.05) is 12.1 Å². The molecule has 0 saturated heterocycles. The van der Waals surface area contributed by atoms with E-state index in [0.717, 1.165) is 18.2 Å². The van der Waals surface area contributed by atoms with Crippen LogP contribution >= 0.6 is 0 Å². The van der Waals surface area contributed by atoms with Crippen LogP contribution in [0.4, 0.5) is 17.6 Å². The average molecular weight is 313 g/mol. The number of amides is 1. The van der Waals surface area contributed by atoms with Gasteiger partial charge in [-0.05, 0) is 35.9 Å². The highest BCUT2D eigenvalue weighted by Crippen LogP contribution is 2.15. The zero-order valence-electron chi connectivity index (χ0n) is 11.2. The van der Waals surface area contributed by atoms with Gasteiger partial charge in [-0.25, -0.2) is 8.78 Å². The van der Waals surface area contributed by atoms with E-state index in [-0.39, 0.29) is 12.3 Å². The minimum Gasteiger partial charge on any atom is -0.435 e. The summed E-state index contributed by atoms with van der Waals surface area (Å²) in [6.45, 7) is -2.88. The quantitative estimate of drug-likeness (QED) is 0.858. The number of ether oxygens (including phenoxy) is 1. The van der Waals surface area contributed by atoms with Crippen molar-refractivity contribution in [3.8, 4) is 5.75 Å². The molecule has 0 aliphatic rings. The van der Waals surface area contributed by atoms with Crippen molar-refractivity contribution in [3.63, 3.8) is 0 Å². The fourth-order valence-corrected chi connectivity index (χ4v) is 1.74. The third-order valence-electron chi connectivity index (χ3n) is 2.77. The molecule has 0 bridgehead atoms. The number of carbonyl (C=O) groups excluding carboxylic acids is 1. The normalized spacial score (nSPS) is 10.6. The summed E-state index contributed by atoms with van der Waals surface area (Å²) in [4.78, 5) is 11.8. The zero-order valence-corrected chi connectivity index (χ0v) is 11.2. The SMILES string of the molecule is O=C(NCc1ccc(OC(F)F)cc1)c1cc(F)ccc1F. The molecule has 22 heavy (non-hydrogen) atoms. The largest absolute Gasteiger partial charge is 0.435 e.